The second-order valence-electron chi connectivity index (χ2n) is 3.72. The number of rotatable bonds is 2. The topological polar surface area (TPSA) is 53.4 Å². The van der Waals surface area contributed by atoms with Gasteiger partial charge in [-0.1, -0.05) is 23.2 Å². The number of carbonyl (C=O) groups is 1. The molecule has 0 unspecified atom stereocenters. The normalized spacial score (nSPS) is 20.1. The molecule has 4 nitrogen and oxygen atoms in total. The molecule has 1 aliphatic heterocycles. The van der Waals surface area contributed by atoms with Crippen molar-refractivity contribution >= 4 is 34.9 Å². The van der Waals surface area contributed by atoms with Gasteiger partial charge in [-0.2, -0.15) is 0 Å². The van der Waals surface area contributed by atoms with Crippen LogP contribution in [0, 0.1) is 5.92 Å². The summed E-state index contributed by atoms with van der Waals surface area (Å²) in [5.41, 5.74) is 0.682. The lowest BCUT2D eigenvalue weighted by Crippen LogP contribution is -2.23. The van der Waals surface area contributed by atoms with Crippen LogP contribution in [0.3, 0.4) is 0 Å². The molecule has 1 aromatic heterocycles. The summed E-state index contributed by atoms with van der Waals surface area (Å²) in [6.45, 7) is 1.10. The molecule has 1 aliphatic rings. The second-order valence-corrected chi connectivity index (χ2v) is 4.54. The van der Waals surface area contributed by atoms with E-state index in [0.717, 1.165) is 0 Å². The fourth-order valence-electron chi connectivity index (χ4n) is 1.87. The maximum atomic E-state index is 10.8. The number of aliphatic carboxylic acids is 1. The van der Waals surface area contributed by atoms with Crippen LogP contribution in [0.4, 0.5) is 5.69 Å². The third-order valence-electron chi connectivity index (χ3n) is 2.68. The van der Waals surface area contributed by atoms with E-state index in [9.17, 15) is 4.79 Å². The SMILES string of the molecule is O=C(O)[C@@H]1CCN(c2c(Cl)cncc2Cl)C1. The summed E-state index contributed by atoms with van der Waals surface area (Å²) in [4.78, 5) is 16.6. The number of carboxylic acids is 1. The Bertz CT molecular complexity index is 405. The first-order valence-electron chi connectivity index (χ1n) is 4.86. The molecule has 2 heterocycles. The minimum absolute atomic E-state index is 0.347. The van der Waals surface area contributed by atoms with E-state index in [1.807, 2.05) is 4.90 Å². The van der Waals surface area contributed by atoms with E-state index in [-0.39, 0.29) is 5.92 Å². The zero-order valence-electron chi connectivity index (χ0n) is 8.36. The highest BCUT2D eigenvalue weighted by Crippen LogP contribution is 2.35. The van der Waals surface area contributed by atoms with Crippen molar-refractivity contribution in [3.05, 3.63) is 22.4 Å². The van der Waals surface area contributed by atoms with Gasteiger partial charge in [0.15, 0.2) is 0 Å². The first-order chi connectivity index (χ1) is 7.59. The van der Waals surface area contributed by atoms with Gasteiger partial charge in [0, 0.05) is 25.5 Å². The van der Waals surface area contributed by atoms with Gasteiger partial charge in [0.2, 0.25) is 0 Å². The van der Waals surface area contributed by atoms with Gasteiger partial charge in [-0.25, -0.2) is 0 Å². The molecule has 0 bridgehead atoms. The first-order valence-corrected chi connectivity index (χ1v) is 5.62. The lowest BCUT2D eigenvalue weighted by Gasteiger charge is -2.20. The van der Waals surface area contributed by atoms with Crippen molar-refractivity contribution in [1.29, 1.82) is 0 Å². The molecular weight excluding hydrogens is 251 g/mol. The number of nitrogens with zero attached hydrogens (tertiary/aromatic N) is 2. The highest BCUT2D eigenvalue weighted by Gasteiger charge is 2.30. The van der Waals surface area contributed by atoms with Crippen LogP contribution in [0.25, 0.3) is 0 Å². The molecule has 1 N–H and O–H groups in total. The summed E-state index contributed by atoms with van der Waals surface area (Å²) in [5.74, 6) is -1.12. The standard InChI is InChI=1S/C10H10Cl2N2O2/c11-7-3-13-4-8(12)9(7)14-2-1-6(5-14)10(15)16/h3-4,6H,1-2,5H2,(H,15,16)/t6-/m1/s1. The number of hydrogen-bond acceptors (Lipinski definition) is 3. The van der Waals surface area contributed by atoms with Crippen molar-refractivity contribution in [2.24, 2.45) is 5.92 Å². The highest BCUT2D eigenvalue weighted by atomic mass is 35.5. The van der Waals surface area contributed by atoms with Crippen molar-refractivity contribution < 1.29 is 9.90 Å². The van der Waals surface area contributed by atoms with E-state index in [0.29, 0.717) is 35.2 Å². The largest absolute Gasteiger partial charge is 0.481 e. The Balaban J connectivity index is 2.24. The number of carboxylic acid groups (broad SMARTS) is 1. The summed E-state index contributed by atoms with van der Waals surface area (Å²) < 4.78 is 0. The molecule has 0 aliphatic carbocycles. The third kappa shape index (κ3) is 2.08. The number of halogens is 2. The van der Waals surface area contributed by atoms with Crippen molar-refractivity contribution in [3.63, 3.8) is 0 Å². The van der Waals surface area contributed by atoms with Gasteiger partial charge in [-0.3, -0.25) is 9.78 Å². The highest BCUT2D eigenvalue weighted by molar-refractivity contribution is 6.38. The van der Waals surface area contributed by atoms with Crippen LogP contribution in [0.2, 0.25) is 10.0 Å². The number of hydrogen-bond donors (Lipinski definition) is 1. The van der Waals surface area contributed by atoms with Crippen LogP contribution >= 0.6 is 23.2 Å². The Kier molecular flexibility index (Phi) is 3.21. The molecule has 1 aromatic rings. The number of anilines is 1. The van der Waals surface area contributed by atoms with Crippen molar-refractivity contribution in [1.82, 2.24) is 4.98 Å². The van der Waals surface area contributed by atoms with E-state index in [1.165, 1.54) is 12.4 Å². The predicted octanol–water partition coefficient (Wildman–Crippen LogP) is 2.30. The van der Waals surface area contributed by atoms with Crippen LogP contribution in [0.5, 0.6) is 0 Å². The summed E-state index contributed by atoms with van der Waals surface area (Å²) in [6.07, 6.45) is 3.64. The molecular formula is C10H10Cl2N2O2. The number of aromatic nitrogens is 1. The van der Waals surface area contributed by atoms with Crippen LogP contribution in [-0.4, -0.2) is 29.1 Å². The molecule has 0 spiro atoms. The minimum atomic E-state index is -0.774. The molecule has 2 rings (SSSR count). The van der Waals surface area contributed by atoms with Gasteiger partial charge in [0.05, 0.1) is 21.7 Å². The van der Waals surface area contributed by atoms with Crippen LogP contribution in [-0.2, 0) is 4.79 Å². The molecule has 86 valence electrons. The summed E-state index contributed by atoms with van der Waals surface area (Å²) in [7, 11) is 0. The summed E-state index contributed by atoms with van der Waals surface area (Å²) in [6, 6.07) is 0. The van der Waals surface area contributed by atoms with Crippen LogP contribution in [0.15, 0.2) is 12.4 Å². The summed E-state index contributed by atoms with van der Waals surface area (Å²) in [5, 5.41) is 9.83. The molecule has 0 aromatic carbocycles. The van der Waals surface area contributed by atoms with E-state index in [2.05, 4.69) is 4.98 Å². The van der Waals surface area contributed by atoms with E-state index in [4.69, 9.17) is 28.3 Å². The van der Waals surface area contributed by atoms with Gasteiger partial charge in [0.25, 0.3) is 0 Å². The van der Waals surface area contributed by atoms with Crippen LogP contribution in [0.1, 0.15) is 6.42 Å². The Morgan fingerprint density at radius 3 is 2.56 bits per heavy atom. The van der Waals surface area contributed by atoms with Crippen LogP contribution < -0.4 is 4.90 Å². The van der Waals surface area contributed by atoms with E-state index in [1.54, 1.807) is 0 Å². The Hall–Kier alpha value is -1.00. The molecule has 0 amide bonds. The quantitative estimate of drug-likeness (QED) is 0.887. The fraction of sp³-hybridized carbons (Fsp3) is 0.400. The molecule has 16 heavy (non-hydrogen) atoms. The zero-order valence-corrected chi connectivity index (χ0v) is 9.87. The molecule has 1 fully saturated rings. The van der Waals surface area contributed by atoms with Gasteiger partial charge < -0.3 is 10.0 Å². The van der Waals surface area contributed by atoms with Gasteiger partial charge in [-0.15, -0.1) is 0 Å². The molecule has 1 atom stereocenters. The average molecular weight is 261 g/mol. The van der Waals surface area contributed by atoms with Gasteiger partial charge >= 0.3 is 5.97 Å². The average Bonchev–Trinajstić information content (AvgIpc) is 2.66. The first kappa shape index (κ1) is 11.5. The predicted molar refractivity (Wildman–Crippen MR) is 62.2 cm³/mol. The van der Waals surface area contributed by atoms with Gasteiger partial charge in [-0.05, 0) is 6.42 Å². The zero-order chi connectivity index (χ0) is 11.7. The summed E-state index contributed by atoms with van der Waals surface area (Å²) >= 11 is 12.0. The Morgan fingerprint density at radius 2 is 2.06 bits per heavy atom. The lowest BCUT2D eigenvalue weighted by molar-refractivity contribution is -0.140. The minimum Gasteiger partial charge on any atom is -0.481 e. The van der Waals surface area contributed by atoms with E-state index < -0.39 is 5.97 Å². The maximum Gasteiger partial charge on any atom is 0.308 e. The number of pyridine rings is 1. The van der Waals surface area contributed by atoms with Crippen molar-refractivity contribution in [2.75, 3.05) is 18.0 Å². The molecule has 0 saturated carbocycles. The lowest BCUT2D eigenvalue weighted by atomic mass is 10.1. The van der Waals surface area contributed by atoms with Crippen molar-refractivity contribution in [3.8, 4) is 0 Å². The monoisotopic (exact) mass is 260 g/mol. The Morgan fingerprint density at radius 1 is 1.44 bits per heavy atom. The maximum absolute atomic E-state index is 10.8. The third-order valence-corrected chi connectivity index (χ3v) is 3.24. The van der Waals surface area contributed by atoms with Gasteiger partial charge in [0.1, 0.15) is 0 Å². The molecule has 0 radical (unpaired) electrons. The molecule has 1 saturated heterocycles. The van der Waals surface area contributed by atoms with Crippen molar-refractivity contribution in [2.45, 2.75) is 6.42 Å². The second kappa shape index (κ2) is 4.47. The Labute approximate surface area is 103 Å². The molecule has 6 heteroatoms. The fourth-order valence-corrected chi connectivity index (χ4v) is 2.48. The smallest absolute Gasteiger partial charge is 0.308 e. The van der Waals surface area contributed by atoms with E-state index >= 15 is 0 Å².